The molecule has 1 heterocycles. The molecule has 0 saturated heterocycles. The minimum Gasteiger partial charge on any atom is -0.479 e. The summed E-state index contributed by atoms with van der Waals surface area (Å²) in [4.78, 5) is 14.3. The zero-order chi connectivity index (χ0) is 10.6. The van der Waals surface area contributed by atoms with Crippen LogP contribution in [0.2, 0.25) is 0 Å². The quantitative estimate of drug-likeness (QED) is 0.692. The molecule has 14 heavy (non-hydrogen) atoms. The molecule has 0 aromatic carbocycles. The van der Waals surface area contributed by atoms with Crippen LogP contribution in [0.4, 0.5) is 0 Å². The van der Waals surface area contributed by atoms with E-state index in [1.807, 2.05) is 0 Å². The minimum absolute atomic E-state index is 0.135. The van der Waals surface area contributed by atoms with E-state index in [0.29, 0.717) is 0 Å². The van der Waals surface area contributed by atoms with Crippen molar-refractivity contribution in [3.05, 3.63) is 18.7 Å². The topological polar surface area (TPSA) is 92.4 Å². The molecule has 0 bridgehead atoms. The third-order valence-electron chi connectivity index (χ3n) is 1.77. The van der Waals surface area contributed by atoms with Crippen molar-refractivity contribution in [1.29, 1.82) is 0 Å². The fraction of sp³-hybridized carbons (Fsp3) is 0.429. The number of aliphatic hydroxyl groups is 1. The Morgan fingerprint density at radius 2 is 2.36 bits per heavy atom. The number of rotatable bonds is 5. The van der Waals surface area contributed by atoms with E-state index in [-0.39, 0.29) is 13.0 Å². The standard InChI is InChI=1S/C7H9N2O4P/c10-6(11)7(12,14-13)1-3-9-4-2-8-5-9/h2,4-5,12H,1,3H2,(H,10,11). The molecule has 0 aliphatic heterocycles. The van der Waals surface area contributed by atoms with Gasteiger partial charge >= 0.3 is 5.97 Å². The number of aryl methyl sites for hydroxylation is 1. The Morgan fingerprint density at radius 1 is 1.64 bits per heavy atom. The summed E-state index contributed by atoms with van der Waals surface area (Å²) in [6.45, 7) is 0.248. The van der Waals surface area contributed by atoms with E-state index in [4.69, 9.17) is 5.11 Å². The Kier molecular flexibility index (Phi) is 3.33. The van der Waals surface area contributed by atoms with Gasteiger partial charge in [0.15, 0.2) is 0 Å². The first-order valence-electron chi connectivity index (χ1n) is 3.84. The van der Waals surface area contributed by atoms with Gasteiger partial charge in [-0.3, -0.25) is 4.57 Å². The van der Waals surface area contributed by atoms with E-state index < -0.39 is 19.8 Å². The normalized spacial score (nSPS) is 15.2. The summed E-state index contributed by atoms with van der Waals surface area (Å²) in [5.74, 6) is -1.49. The zero-order valence-electron chi connectivity index (χ0n) is 7.20. The molecule has 1 aromatic rings. The highest BCUT2D eigenvalue weighted by Gasteiger charge is 2.36. The highest BCUT2D eigenvalue weighted by atomic mass is 31.1. The lowest BCUT2D eigenvalue weighted by molar-refractivity contribution is -0.150. The molecule has 0 fully saturated rings. The first-order chi connectivity index (χ1) is 6.58. The number of carbonyl (C=O) groups is 1. The fourth-order valence-corrected chi connectivity index (χ4v) is 1.17. The lowest BCUT2D eigenvalue weighted by atomic mass is 10.2. The highest BCUT2D eigenvalue weighted by Crippen LogP contribution is 2.24. The minimum atomic E-state index is -2.20. The van der Waals surface area contributed by atoms with Crippen molar-refractivity contribution in [1.82, 2.24) is 9.55 Å². The van der Waals surface area contributed by atoms with Gasteiger partial charge in [-0.1, -0.05) is 0 Å². The van der Waals surface area contributed by atoms with Crippen LogP contribution in [0.5, 0.6) is 0 Å². The smallest absolute Gasteiger partial charge is 0.348 e. The molecule has 1 unspecified atom stereocenters. The third kappa shape index (κ3) is 2.37. The number of carboxylic acids is 1. The SMILES string of the molecule is O=PC(O)(CCn1ccnc1)C(=O)O. The fourth-order valence-electron chi connectivity index (χ4n) is 0.896. The van der Waals surface area contributed by atoms with E-state index in [2.05, 4.69) is 4.98 Å². The molecule has 0 radical (unpaired) electrons. The molecule has 0 aliphatic carbocycles. The average molecular weight is 216 g/mol. The molecule has 1 atom stereocenters. The maximum atomic E-state index is 10.5. The predicted octanol–water partition coefficient (Wildman–Crippen LogP) is 0.338. The molecule has 0 aliphatic rings. The summed E-state index contributed by atoms with van der Waals surface area (Å²) in [6, 6.07) is 0. The Bertz CT molecular complexity index is 326. The van der Waals surface area contributed by atoms with Gasteiger partial charge in [0.2, 0.25) is 13.8 Å². The Hall–Kier alpha value is -1.26. The number of imidazole rings is 1. The van der Waals surface area contributed by atoms with E-state index in [9.17, 15) is 14.5 Å². The van der Waals surface area contributed by atoms with Gasteiger partial charge in [-0.25, -0.2) is 9.78 Å². The number of carboxylic acid groups (broad SMARTS) is 1. The maximum Gasteiger partial charge on any atom is 0.348 e. The molecule has 7 heteroatoms. The summed E-state index contributed by atoms with van der Waals surface area (Å²) < 4.78 is 12.1. The molecule has 0 spiro atoms. The van der Waals surface area contributed by atoms with Crippen LogP contribution in [0, 0.1) is 0 Å². The lowest BCUT2D eigenvalue weighted by Crippen LogP contribution is -2.33. The molecule has 2 N–H and O–H groups in total. The van der Waals surface area contributed by atoms with Crippen LogP contribution in [0.3, 0.4) is 0 Å². The van der Waals surface area contributed by atoms with Crippen LogP contribution in [-0.2, 0) is 15.9 Å². The number of hydrogen-bond acceptors (Lipinski definition) is 4. The van der Waals surface area contributed by atoms with E-state index in [1.165, 1.54) is 12.5 Å². The average Bonchev–Trinajstić information content (AvgIpc) is 2.66. The molecule has 1 aromatic heterocycles. The van der Waals surface area contributed by atoms with Gasteiger partial charge in [-0.2, -0.15) is 0 Å². The van der Waals surface area contributed by atoms with E-state index >= 15 is 0 Å². The van der Waals surface area contributed by atoms with Crippen LogP contribution in [-0.4, -0.2) is 31.1 Å². The summed E-state index contributed by atoms with van der Waals surface area (Å²) in [5.41, 5.74) is 0. The monoisotopic (exact) mass is 216 g/mol. The number of hydrogen-bond donors (Lipinski definition) is 2. The van der Waals surface area contributed by atoms with Crippen LogP contribution < -0.4 is 0 Å². The van der Waals surface area contributed by atoms with Gasteiger partial charge in [0.1, 0.15) is 0 Å². The number of aliphatic carboxylic acids is 1. The van der Waals surface area contributed by atoms with Crippen molar-refractivity contribution in [2.75, 3.05) is 0 Å². The second-order valence-electron chi connectivity index (χ2n) is 2.76. The van der Waals surface area contributed by atoms with Crippen molar-refractivity contribution in [3.8, 4) is 0 Å². The molecule has 0 saturated carbocycles. The Balaban J connectivity index is 2.58. The van der Waals surface area contributed by atoms with Gasteiger partial charge in [-0.05, 0) is 0 Å². The van der Waals surface area contributed by atoms with Crippen molar-refractivity contribution < 1.29 is 19.6 Å². The Labute approximate surface area is 81.4 Å². The first kappa shape index (κ1) is 10.8. The molecular weight excluding hydrogens is 207 g/mol. The van der Waals surface area contributed by atoms with Crippen LogP contribution in [0.1, 0.15) is 6.42 Å². The van der Waals surface area contributed by atoms with E-state index in [1.54, 1.807) is 10.8 Å². The van der Waals surface area contributed by atoms with E-state index in [0.717, 1.165) is 0 Å². The largest absolute Gasteiger partial charge is 0.479 e. The van der Waals surface area contributed by atoms with Gasteiger partial charge in [0.25, 0.3) is 0 Å². The zero-order valence-corrected chi connectivity index (χ0v) is 8.09. The van der Waals surface area contributed by atoms with Crippen LogP contribution in [0.25, 0.3) is 0 Å². The molecule has 6 nitrogen and oxygen atoms in total. The second kappa shape index (κ2) is 4.30. The predicted molar refractivity (Wildman–Crippen MR) is 47.0 cm³/mol. The van der Waals surface area contributed by atoms with Gasteiger partial charge in [0, 0.05) is 25.4 Å². The van der Waals surface area contributed by atoms with Crippen LogP contribution in [0.15, 0.2) is 18.7 Å². The third-order valence-corrected chi connectivity index (χ3v) is 2.49. The van der Waals surface area contributed by atoms with Crippen molar-refractivity contribution in [3.63, 3.8) is 0 Å². The van der Waals surface area contributed by atoms with Crippen molar-refractivity contribution in [2.24, 2.45) is 0 Å². The van der Waals surface area contributed by atoms with Gasteiger partial charge < -0.3 is 14.8 Å². The lowest BCUT2D eigenvalue weighted by Gasteiger charge is -2.14. The van der Waals surface area contributed by atoms with Gasteiger partial charge in [-0.15, -0.1) is 0 Å². The summed E-state index contributed by atoms with van der Waals surface area (Å²) in [7, 11) is -0.805. The molecule has 0 amide bonds. The highest BCUT2D eigenvalue weighted by molar-refractivity contribution is 7.27. The summed E-state index contributed by atoms with van der Waals surface area (Å²) >= 11 is 0. The van der Waals surface area contributed by atoms with Crippen molar-refractivity contribution in [2.45, 2.75) is 18.3 Å². The van der Waals surface area contributed by atoms with Gasteiger partial charge in [0.05, 0.1) is 6.33 Å². The molecular formula is C7H9N2O4P. The molecule has 1 rings (SSSR count). The summed E-state index contributed by atoms with van der Waals surface area (Å²) in [6.07, 6.45) is 4.52. The molecule has 76 valence electrons. The number of nitrogens with zero attached hydrogens (tertiary/aromatic N) is 2. The van der Waals surface area contributed by atoms with Crippen LogP contribution >= 0.6 is 8.46 Å². The number of aromatic nitrogens is 2. The first-order valence-corrected chi connectivity index (χ1v) is 4.66. The van der Waals surface area contributed by atoms with Crippen molar-refractivity contribution >= 4 is 14.4 Å². The Morgan fingerprint density at radius 3 is 2.79 bits per heavy atom. The summed E-state index contributed by atoms with van der Waals surface area (Å²) in [5, 5.41) is 15.7. The maximum absolute atomic E-state index is 10.5. The second-order valence-corrected chi connectivity index (χ2v) is 3.69.